The van der Waals surface area contributed by atoms with Crippen LogP contribution in [0.4, 0.5) is 5.82 Å². The third-order valence-corrected chi connectivity index (χ3v) is 3.66. The molecule has 0 saturated carbocycles. The van der Waals surface area contributed by atoms with Crippen LogP contribution < -0.4 is 10.1 Å². The highest BCUT2D eigenvalue weighted by molar-refractivity contribution is 5.44. The summed E-state index contributed by atoms with van der Waals surface area (Å²) in [5, 5.41) is 7.55. The molecule has 0 bridgehead atoms. The average Bonchev–Trinajstić information content (AvgIpc) is 2.97. The predicted molar refractivity (Wildman–Crippen MR) is 90.0 cm³/mol. The molecular formula is C17H21N5O. The highest BCUT2D eigenvalue weighted by Crippen LogP contribution is 2.22. The Morgan fingerprint density at radius 1 is 1.17 bits per heavy atom. The molecule has 1 aromatic carbocycles. The van der Waals surface area contributed by atoms with E-state index in [1.807, 2.05) is 19.1 Å². The van der Waals surface area contributed by atoms with Crippen molar-refractivity contribution in [3.8, 4) is 5.75 Å². The molecule has 0 aliphatic rings. The standard InChI is InChI=1S/C17H21N5O/c1-12-6-4-7-13(2)16(12)23-9-5-8-18-15-10-14(3)21-17-19-11-20-22(15)17/h4,6-7,10-11,18H,5,8-9H2,1-3H3. The minimum absolute atomic E-state index is 0.610. The Bertz CT molecular complexity index is 792. The number of anilines is 1. The van der Waals surface area contributed by atoms with Gasteiger partial charge in [-0.25, -0.2) is 4.98 Å². The molecule has 0 saturated heterocycles. The maximum atomic E-state index is 5.91. The number of hydrogen-bond donors (Lipinski definition) is 1. The van der Waals surface area contributed by atoms with Gasteiger partial charge < -0.3 is 10.1 Å². The highest BCUT2D eigenvalue weighted by Gasteiger charge is 2.05. The molecule has 0 radical (unpaired) electrons. The zero-order valence-electron chi connectivity index (χ0n) is 13.7. The van der Waals surface area contributed by atoms with Crippen LogP contribution in [0.3, 0.4) is 0 Å². The van der Waals surface area contributed by atoms with E-state index in [0.29, 0.717) is 12.4 Å². The van der Waals surface area contributed by atoms with Crippen LogP contribution in [-0.4, -0.2) is 32.7 Å². The molecule has 0 amide bonds. The fourth-order valence-electron chi connectivity index (χ4n) is 2.55. The Morgan fingerprint density at radius 3 is 2.74 bits per heavy atom. The lowest BCUT2D eigenvalue weighted by Gasteiger charge is -2.12. The summed E-state index contributed by atoms with van der Waals surface area (Å²) in [6, 6.07) is 8.16. The first kappa shape index (κ1) is 15.3. The van der Waals surface area contributed by atoms with Gasteiger partial charge in [-0.3, -0.25) is 0 Å². The minimum Gasteiger partial charge on any atom is -0.493 e. The number of ether oxygens (including phenoxy) is 1. The van der Waals surface area contributed by atoms with Gasteiger partial charge in [-0.05, 0) is 38.3 Å². The van der Waals surface area contributed by atoms with Crippen molar-refractivity contribution in [3.05, 3.63) is 47.4 Å². The molecule has 0 spiro atoms. The van der Waals surface area contributed by atoms with Crippen molar-refractivity contribution < 1.29 is 4.74 Å². The van der Waals surface area contributed by atoms with E-state index in [2.05, 4.69) is 46.4 Å². The van der Waals surface area contributed by atoms with Crippen LogP contribution in [0.2, 0.25) is 0 Å². The number of nitrogens with zero attached hydrogens (tertiary/aromatic N) is 4. The van der Waals surface area contributed by atoms with E-state index >= 15 is 0 Å². The Balaban J connectivity index is 1.54. The lowest BCUT2D eigenvalue weighted by atomic mass is 10.1. The third kappa shape index (κ3) is 3.41. The quantitative estimate of drug-likeness (QED) is 0.709. The summed E-state index contributed by atoms with van der Waals surface area (Å²) in [5.41, 5.74) is 3.26. The van der Waals surface area contributed by atoms with Gasteiger partial charge in [-0.1, -0.05) is 18.2 Å². The Hall–Kier alpha value is -2.63. The largest absolute Gasteiger partial charge is 0.493 e. The monoisotopic (exact) mass is 311 g/mol. The Morgan fingerprint density at radius 2 is 1.96 bits per heavy atom. The molecule has 3 rings (SSSR count). The number of fused-ring (bicyclic) bond motifs is 1. The van der Waals surface area contributed by atoms with Crippen molar-refractivity contribution in [1.29, 1.82) is 0 Å². The second kappa shape index (κ2) is 6.64. The van der Waals surface area contributed by atoms with E-state index in [4.69, 9.17) is 4.74 Å². The van der Waals surface area contributed by atoms with E-state index in [1.165, 1.54) is 17.5 Å². The van der Waals surface area contributed by atoms with Crippen molar-refractivity contribution >= 4 is 11.6 Å². The molecule has 0 unspecified atom stereocenters. The second-order valence-corrected chi connectivity index (χ2v) is 5.60. The lowest BCUT2D eigenvalue weighted by Crippen LogP contribution is -2.11. The molecule has 23 heavy (non-hydrogen) atoms. The van der Waals surface area contributed by atoms with Crippen LogP contribution in [0.5, 0.6) is 5.75 Å². The Kier molecular flexibility index (Phi) is 4.41. The highest BCUT2D eigenvalue weighted by atomic mass is 16.5. The van der Waals surface area contributed by atoms with Crippen LogP contribution in [0.1, 0.15) is 23.2 Å². The molecule has 6 nitrogen and oxygen atoms in total. The number of rotatable bonds is 6. The number of para-hydroxylation sites is 1. The van der Waals surface area contributed by atoms with Crippen molar-refractivity contribution in [2.45, 2.75) is 27.2 Å². The van der Waals surface area contributed by atoms with Gasteiger partial charge in [0.1, 0.15) is 17.9 Å². The van der Waals surface area contributed by atoms with E-state index in [1.54, 1.807) is 4.52 Å². The zero-order valence-corrected chi connectivity index (χ0v) is 13.7. The summed E-state index contributed by atoms with van der Waals surface area (Å²) < 4.78 is 7.62. The summed E-state index contributed by atoms with van der Waals surface area (Å²) in [6.45, 7) is 7.56. The van der Waals surface area contributed by atoms with Gasteiger partial charge in [0.25, 0.3) is 5.78 Å². The van der Waals surface area contributed by atoms with Crippen molar-refractivity contribution in [3.63, 3.8) is 0 Å². The van der Waals surface area contributed by atoms with Crippen molar-refractivity contribution in [2.24, 2.45) is 0 Å². The lowest BCUT2D eigenvalue weighted by molar-refractivity contribution is 0.311. The van der Waals surface area contributed by atoms with Crippen LogP contribution in [0.15, 0.2) is 30.6 Å². The maximum absolute atomic E-state index is 5.91. The number of benzene rings is 1. The minimum atomic E-state index is 0.610. The molecule has 0 atom stereocenters. The van der Waals surface area contributed by atoms with E-state index in [-0.39, 0.29) is 0 Å². The van der Waals surface area contributed by atoms with Gasteiger partial charge in [-0.15, -0.1) is 0 Å². The van der Waals surface area contributed by atoms with Crippen molar-refractivity contribution in [2.75, 3.05) is 18.5 Å². The summed E-state index contributed by atoms with van der Waals surface area (Å²) in [5.74, 6) is 2.50. The normalized spacial score (nSPS) is 10.9. The van der Waals surface area contributed by atoms with Crippen LogP contribution in [0.25, 0.3) is 5.78 Å². The molecule has 0 aliphatic carbocycles. The van der Waals surface area contributed by atoms with Gasteiger partial charge in [0.05, 0.1) is 6.61 Å². The Labute approximate surface area is 135 Å². The predicted octanol–water partition coefficient (Wildman–Crippen LogP) is 2.93. The number of aryl methyl sites for hydroxylation is 3. The van der Waals surface area contributed by atoms with E-state index in [0.717, 1.165) is 30.2 Å². The fourth-order valence-corrected chi connectivity index (χ4v) is 2.55. The molecule has 6 heteroatoms. The summed E-state index contributed by atoms with van der Waals surface area (Å²) in [6.07, 6.45) is 2.41. The number of nitrogens with one attached hydrogen (secondary N) is 1. The molecule has 2 aromatic heterocycles. The van der Waals surface area contributed by atoms with E-state index < -0.39 is 0 Å². The molecular weight excluding hydrogens is 290 g/mol. The first-order chi connectivity index (χ1) is 11.1. The molecule has 0 aliphatic heterocycles. The molecule has 3 aromatic rings. The van der Waals surface area contributed by atoms with Gasteiger partial charge in [0, 0.05) is 18.3 Å². The fraction of sp³-hybridized carbons (Fsp3) is 0.353. The van der Waals surface area contributed by atoms with Gasteiger partial charge >= 0.3 is 0 Å². The topological polar surface area (TPSA) is 64.3 Å². The number of aromatic nitrogens is 4. The van der Waals surface area contributed by atoms with Gasteiger partial charge in [0.15, 0.2) is 0 Å². The SMILES string of the molecule is Cc1cc(NCCCOc2c(C)cccc2C)n2ncnc2n1. The van der Waals surface area contributed by atoms with Gasteiger partial charge in [-0.2, -0.15) is 14.6 Å². The zero-order chi connectivity index (χ0) is 16.2. The molecule has 0 fully saturated rings. The third-order valence-electron chi connectivity index (χ3n) is 3.66. The van der Waals surface area contributed by atoms with E-state index in [9.17, 15) is 0 Å². The summed E-state index contributed by atoms with van der Waals surface area (Å²) in [4.78, 5) is 8.44. The first-order valence-corrected chi connectivity index (χ1v) is 7.75. The first-order valence-electron chi connectivity index (χ1n) is 7.75. The van der Waals surface area contributed by atoms with Crippen LogP contribution in [0, 0.1) is 20.8 Å². The molecule has 120 valence electrons. The summed E-state index contributed by atoms with van der Waals surface area (Å²) in [7, 11) is 0. The van der Waals surface area contributed by atoms with Crippen LogP contribution in [-0.2, 0) is 0 Å². The summed E-state index contributed by atoms with van der Waals surface area (Å²) >= 11 is 0. The molecule has 2 heterocycles. The maximum Gasteiger partial charge on any atom is 0.254 e. The second-order valence-electron chi connectivity index (χ2n) is 5.60. The molecule has 1 N–H and O–H groups in total. The average molecular weight is 311 g/mol. The van der Waals surface area contributed by atoms with Crippen LogP contribution >= 0.6 is 0 Å². The van der Waals surface area contributed by atoms with Crippen molar-refractivity contribution in [1.82, 2.24) is 19.6 Å². The number of hydrogen-bond acceptors (Lipinski definition) is 5. The van der Waals surface area contributed by atoms with Gasteiger partial charge in [0.2, 0.25) is 0 Å². The smallest absolute Gasteiger partial charge is 0.254 e.